The van der Waals surface area contributed by atoms with Crippen LogP contribution in [0.25, 0.3) is 0 Å². The Balaban J connectivity index is 2.04. The molecule has 1 heterocycles. The smallest absolute Gasteiger partial charge is 0.244 e. The average molecular weight is 193 g/mol. The van der Waals surface area contributed by atoms with E-state index in [9.17, 15) is 4.79 Å². The summed E-state index contributed by atoms with van der Waals surface area (Å²) in [6.07, 6.45) is 3.15. The van der Waals surface area contributed by atoms with Crippen molar-refractivity contribution in [3.05, 3.63) is 10.5 Å². The van der Waals surface area contributed by atoms with E-state index in [1.807, 2.05) is 6.07 Å². The van der Waals surface area contributed by atoms with Crippen molar-refractivity contribution >= 4 is 0 Å². The Labute approximate surface area is 80.7 Å². The lowest BCUT2D eigenvalue weighted by Crippen LogP contribution is -2.24. The van der Waals surface area contributed by atoms with E-state index < -0.39 is 0 Å². The minimum Gasteiger partial charge on any atom is -0.244 e. The van der Waals surface area contributed by atoms with Crippen LogP contribution in [0.15, 0.2) is 4.79 Å². The molecular formula is C8H11N5O. The van der Waals surface area contributed by atoms with Crippen molar-refractivity contribution in [1.82, 2.24) is 19.8 Å². The van der Waals surface area contributed by atoms with E-state index in [0.717, 1.165) is 12.8 Å². The largest absolute Gasteiger partial charge is 0.363 e. The quantitative estimate of drug-likeness (QED) is 0.634. The molecule has 0 aromatic carbocycles. The van der Waals surface area contributed by atoms with Crippen LogP contribution in [-0.4, -0.2) is 19.8 Å². The minimum atomic E-state index is -0.148. The van der Waals surface area contributed by atoms with Crippen molar-refractivity contribution in [2.75, 3.05) is 0 Å². The molecule has 1 saturated carbocycles. The fraction of sp³-hybridized carbons (Fsp3) is 0.750. The molecule has 6 heteroatoms. The van der Waals surface area contributed by atoms with Crippen molar-refractivity contribution in [3.63, 3.8) is 0 Å². The molecule has 1 aliphatic rings. The van der Waals surface area contributed by atoms with Crippen LogP contribution in [0.2, 0.25) is 0 Å². The van der Waals surface area contributed by atoms with Crippen molar-refractivity contribution < 1.29 is 0 Å². The van der Waals surface area contributed by atoms with E-state index in [1.165, 1.54) is 9.36 Å². The lowest BCUT2D eigenvalue weighted by molar-refractivity contribution is 0.550. The van der Waals surface area contributed by atoms with Gasteiger partial charge in [0, 0.05) is 13.0 Å². The highest BCUT2D eigenvalue weighted by Gasteiger charge is 2.27. The van der Waals surface area contributed by atoms with Crippen LogP contribution in [0.1, 0.15) is 31.7 Å². The van der Waals surface area contributed by atoms with Crippen LogP contribution in [-0.2, 0) is 6.54 Å². The third-order valence-electron chi connectivity index (χ3n) is 2.21. The Morgan fingerprint density at radius 2 is 2.29 bits per heavy atom. The van der Waals surface area contributed by atoms with Crippen LogP contribution in [0.5, 0.6) is 0 Å². The summed E-state index contributed by atoms with van der Waals surface area (Å²) in [5.74, 6) is 0. The van der Waals surface area contributed by atoms with Gasteiger partial charge in [0.15, 0.2) is 0 Å². The number of tetrazole rings is 1. The molecule has 0 radical (unpaired) electrons. The molecule has 0 bridgehead atoms. The number of hydrogen-bond acceptors (Lipinski definition) is 4. The normalized spacial score (nSPS) is 15.4. The van der Waals surface area contributed by atoms with Gasteiger partial charge in [-0.1, -0.05) is 0 Å². The van der Waals surface area contributed by atoms with Gasteiger partial charge in [-0.3, -0.25) is 0 Å². The predicted octanol–water partition coefficient (Wildman–Crippen LogP) is 0.0785. The second-order valence-corrected chi connectivity index (χ2v) is 3.42. The van der Waals surface area contributed by atoms with Gasteiger partial charge in [-0.15, -0.1) is 0 Å². The molecule has 0 amide bonds. The molecular weight excluding hydrogens is 182 g/mol. The minimum absolute atomic E-state index is 0.148. The van der Waals surface area contributed by atoms with Crippen LogP contribution < -0.4 is 5.69 Å². The molecule has 0 N–H and O–H groups in total. The summed E-state index contributed by atoms with van der Waals surface area (Å²) in [7, 11) is 0. The zero-order valence-corrected chi connectivity index (χ0v) is 7.76. The van der Waals surface area contributed by atoms with Gasteiger partial charge in [0.2, 0.25) is 0 Å². The van der Waals surface area contributed by atoms with Gasteiger partial charge < -0.3 is 0 Å². The molecule has 1 fully saturated rings. The van der Waals surface area contributed by atoms with Gasteiger partial charge in [0.1, 0.15) is 0 Å². The lowest BCUT2D eigenvalue weighted by atomic mass is 10.3. The molecule has 1 aliphatic carbocycles. The number of aryl methyl sites for hydroxylation is 1. The molecule has 14 heavy (non-hydrogen) atoms. The fourth-order valence-electron chi connectivity index (χ4n) is 1.28. The highest BCUT2D eigenvalue weighted by atomic mass is 16.2. The predicted molar refractivity (Wildman–Crippen MR) is 47.4 cm³/mol. The van der Waals surface area contributed by atoms with Gasteiger partial charge >= 0.3 is 5.69 Å². The van der Waals surface area contributed by atoms with E-state index in [0.29, 0.717) is 19.4 Å². The highest BCUT2D eigenvalue weighted by molar-refractivity contribution is 4.80. The van der Waals surface area contributed by atoms with E-state index in [1.54, 1.807) is 0 Å². The number of nitriles is 1. The monoisotopic (exact) mass is 193 g/mol. The molecule has 1 aromatic rings. The summed E-state index contributed by atoms with van der Waals surface area (Å²) in [6.45, 7) is 0.485. The molecule has 2 rings (SSSR count). The molecule has 74 valence electrons. The first-order valence-corrected chi connectivity index (χ1v) is 4.72. The van der Waals surface area contributed by atoms with Gasteiger partial charge in [0.05, 0.1) is 12.1 Å². The maximum Gasteiger partial charge on any atom is 0.363 e. The van der Waals surface area contributed by atoms with E-state index in [2.05, 4.69) is 10.4 Å². The van der Waals surface area contributed by atoms with Crippen molar-refractivity contribution in [3.8, 4) is 6.07 Å². The first-order valence-electron chi connectivity index (χ1n) is 4.72. The van der Waals surface area contributed by atoms with Crippen LogP contribution >= 0.6 is 0 Å². The second kappa shape index (κ2) is 3.62. The first kappa shape index (κ1) is 8.94. The summed E-state index contributed by atoms with van der Waals surface area (Å²) in [5.41, 5.74) is -0.148. The summed E-state index contributed by atoms with van der Waals surface area (Å²) >= 11 is 0. The third kappa shape index (κ3) is 1.66. The summed E-state index contributed by atoms with van der Waals surface area (Å²) in [6, 6.07) is 2.30. The summed E-state index contributed by atoms with van der Waals surface area (Å²) < 4.78 is 2.77. The zero-order valence-electron chi connectivity index (χ0n) is 7.76. The number of nitrogens with zero attached hydrogens (tertiary/aromatic N) is 5. The van der Waals surface area contributed by atoms with Crippen molar-refractivity contribution in [1.29, 1.82) is 5.26 Å². The average Bonchev–Trinajstić information content (AvgIpc) is 2.95. The topological polar surface area (TPSA) is 76.5 Å². The number of hydrogen-bond donors (Lipinski definition) is 0. The van der Waals surface area contributed by atoms with Gasteiger partial charge in [-0.05, 0) is 29.7 Å². The summed E-state index contributed by atoms with van der Waals surface area (Å²) in [5, 5.41) is 15.9. The Morgan fingerprint density at radius 3 is 2.93 bits per heavy atom. The van der Waals surface area contributed by atoms with Gasteiger partial charge in [-0.2, -0.15) is 14.6 Å². The molecule has 0 spiro atoms. The molecule has 6 nitrogen and oxygen atoms in total. The fourth-order valence-corrected chi connectivity index (χ4v) is 1.28. The summed E-state index contributed by atoms with van der Waals surface area (Å²) in [4.78, 5) is 11.6. The molecule has 0 unspecified atom stereocenters. The lowest BCUT2D eigenvalue weighted by Gasteiger charge is -1.93. The molecule has 0 atom stereocenters. The van der Waals surface area contributed by atoms with Crippen molar-refractivity contribution in [2.45, 2.75) is 38.3 Å². The number of rotatable bonds is 4. The first-order chi connectivity index (χ1) is 6.83. The van der Waals surface area contributed by atoms with Crippen LogP contribution in [0, 0.1) is 11.3 Å². The van der Waals surface area contributed by atoms with Gasteiger partial charge in [0.25, 0.3) is 0 Å². The van der Waals surface area contributed by atoms with E-state index in [4.69, 9.17) is 5.26 Å². The highest BCUT2D eigenvalue weighted by Crippen LogP contribution is 2.32. The Bertz CT molecular complexity index is 408. The third-order valence-corrected chi connectivity index (χ3v) is 2.21. The molecule has 0 saturated heterocycles. The second-order valence-electron chi connectivity index (χ2n) is 3.42. The van der Waals surface area contributed by atoms with E-state index in [-0.39, 0.29) is 11.7 Å². The van der Waals surface area contributed by atoms with Crippen molar-refractivity contribution in [2.24, 2.45) is 0 Å². The Kier molecular flexibility index (Phi) is 2.31. The molecule has 0 aliphatic heterocycles. The maximum absolute atomic E-state index is 11.6. The number of unbranched alkanes of at least 4 members (excludes halogenated alkanes) is 1. The standard InChI is InChI=1S/C8H11N5O/c9-5-1-2-6-12-8(14)13(11-10-12)7-3-4-7/h7H,1-4,6H2. The van der Waals surface area contributed by atoms with Gasteiger partial charge in [-0.25, -0.2) is 4.79 Å². The maximum atomic E-state index is 11.6. The molecule has 1 aromatic heterocycles. The number of aromatic nitrogens is 4. The Morgan fingerprint density at radius 1 is 1.50 bits per heavy atom. The van der Waals surface area contributed by atoms with Crippen LogP contribution in [0.3, 0.4) is 0 Å². The Hall–Kier alpha value is -1.64. The SMILES string of the molecule is N#CCCCn1nnn(C2CC2)c1=O. The van der Waals surface area contributed by atoms with E-state index >= 15 is 0 Å². The zero-order chi connectivity index (χ0) is 9.97. The van der Waals surface area contributed by atoms with Crippen LogP contribution in [0.4, 0.5) is 0 Å².